The predicted molar refractivity (Wildman–Crippen MR) is 93.2 cm³/mol. The smallest absolute Gasteiger partial charge is 0.253 e. The number of hydrogen-bond donors (Lipinski definition) is 0. The minimum absolute atomic E-state index is 0.110. The van der Waals surface area contributed by atoms with Crippen molar-refractivity contribution < 1.29 is 18.7 Å². The van der Waals surface area contributed by atoms with Gasteiger partial charge in [0.1, 0.15) is 23.8 Å². The zero-order valence-corrected chi connectivity index (χ0v) is 14.3. The van der Waals surface area contributed by atoms with Crippen LogP contribution in [0.25, 0.3) is 0 Å². The first-order valence-corrected chi connectivity index (χ1v) is 8.40. The summed E-state index contributed by atoms with van der Waals surface area (Å²) in [5.74, 6) is 0.319. The fourth-order valence-corrected chi connectivity index (χ4v) is 3.12. The first kappa shape index (κ1) is 17.4. The third-order valence-electron chi connectivity index (χ3n) is 4.60. The highest BCUT2D eigenvalue weighted by Gasteiger charge is 2.38. The minimum Gasteiger partial charge on any atom is -0.491 e. The topological polar surface area (TPSA) is 38.8 Å². The first-order chi connectivity index (χ1) is 12.1. The van der Waals surface area contributed by atoms with E-state index in [2.05, 4.69) is 0 Å². The molecule has 1 atom stereocenters. The van der Waals surface area contributed by atoms with E-state index >= 15 is 0 Å². The van der Waals surface area contributed by atoms with Crippen molar-refractivity contribution >= 4 is 5.91 Å². The monoisotopic (exact) mass is 343 g/mol. The van der Waals surface area contributed by atoms with Crippen molar-refractivity contribution in [2.75, 3.05) is 26.8 Å². The van der Waals surface area contributed by atoms with Gasteiger partial charge < -0.3 is 14.4 Å². The molecule has 2 aromatic rings. The van der Waals surface area contributed by atoms with E-state index in [9.17, 15) is 9.18 Å². The lowest BCUT2D eigenvalue weighted by atomic mass is 9.92. The number of benzene rings is 2. The highest BCUT2D eigenvalue weighted by molar-refractivity contribution is 5.94. The van der Waals surface area contributed by atoms with Crippen molar-refractivity contribution in [2.24, 2.45) is 0 Å². The molecule has 1 aliphatic rings. The maximum atomic E-state index is 13.1. The Morgan fingerprint density at radius 1 is 1.16 bits per heavy atom. The van der Waals surface area contributed by atoms with Gasteiger partial charge in [-0.1, -0.05) is 18.2 Å². The van der Waals surface area contributed by atoms with Gasteiger partial charge >= 0.3 is 0 Å². The van der Waals surface area contributed by atoms with Crippen LogP contribution in [-0.4, -0.2) is 43.2 Å². The lowest BCUT2D eigenvalue weighted by Crippen LogP contribution is -2.54. The van der Waals surface area contributed by atoms with Gasteiger partial charge in [0.05, 0.1) is 6.54 Å². The second-order valence-electron chi connectivity index (χ2n) is 6.33. The zero-order chi connectivity index (χ0) is 17.7. The normalized spacial score (nSPS) is 20.3. The first-order valence-electron chi connectivity index (χ1n) is 8.40. The van der Waals surface area contributed by atoms with Gasteiger partial charge in [-0.15, -0.1) is 0 Å². The van der Waals surface area contributed by atoms with Crippen molar-refractivity contribution in [1.82, 2.24) is 4.90 Å². The summed E-state index contributed by atoms with van der Waals surface area (Å²) in [6.07, 6.45) is 1.66. The van der Waals surface area contributed by atoms with Gasteiger partial charge in [-0.2, -0.15) is 0 Å². The molecule has 0 aliphatic carbocycles. The number of halogens is 1. The maximum absolute atomic E-state index is 13.1. The van der Waals surface area contributed by atoms with Crippen LogP contribution in [0.4, 0.5) is 4.39 Å². The van der Waals surface area contributed by atoms with E-state index in [0.717, 1.165) is 18.6 Å². The number of carbonyl (C=O) groups is 1. The number of hydrogen-bond acceptors (Lipinski definition) is 3. The van der Waals surface area contributed by atoms with E-state index in [1.807, 2.05) is 30.3 Å². The summed E-state index contributed by atoms with van der Waals surface area (Å²) in [6.45, 7) is 1.49. The summed E-state index contributed by atoms with van der Waals surface area (Å²) in [6, 6.07) is 15.2. The molecule has 2 aromatic carbocycles. The molecular formula is C20H22FNO3. The molecule has 25 heavy (non-hydrogen) atoms. The Bertz CT molecular complexity index is 705. The molecule has 1 unspecified atom stereocenters. The maximum Gasteiger partial charge on any atom is 0.253 e. The van der Waals surface area contributed by atoms with Crippen molar-refractivity contribution in [1.29, 1.82) is 0 Å². The predicted octanol–water partition coefficient (Wildman–Crippen LogP) is 3.53. The van der Waals surface area contributed by atoms with Crippen LogP contribution in [0, 0.1) is 5.82 Å². The van der Waals surface area contributed by atoms with Crippen LogP contribution in [0.3, 0.4) is 0 Å². The molecular weight excluding hydrogens is 321 g/mol. The van der Waals surface area contributed by atoms with Crippen molar-refractivity contribution in [3.8, 4) is 5.75 Å². The van der Waals surface area contributed by atoms with Gasteiger partial charge in [0.2, 0.25) is 0 Å². The van der Waals surface area contributed by atoms with E-state index in [-0.39, 0.29) is 11.7 Å². The molecule has 0 spiro atoms. The van der Waals surface area contributed by atoms with Gasteiger partial charge in [0, 0.05) is 19.2 Å². The molecule has 1 fully saturated rings. The Labute approximate surface area is 147 Å². The largest absolute Gasteiger partial charge is 0.491 e. The van der Waals surface area contributed by atoms with Crippen molar-refractivity contribution in [3.05, 3.63) is 66.0 Å². The number of piperidine rings is 1. The van der Waals surface area contributed by atoms with Gasteiger partial charge in [-0.3, -0.25) is 4.79 Å². The van der Waals surface area contributed by atoms with Crippen molar-refractivity contribution in [2.45, 2.75) is 18.4 Å². The van der Waals surface area contributed by atoms with E-state index in [1.165, 1.54) is 24.3 Å². The second-order valence-corrected chi connectivity index (χ2v) is 6.33. The van der Waals surface area contributed by atoms with Crippen LogP contribution >= 0.6 is 0 Å². The molecule has 1 saturated heterocycles. The fourth-order valence-electron chi connectivity index (χ4n) is 3.12. The molecule has 0 radical (unpaired) electrons. The molecule has 0 aromatic heterocycles. The van der Waals surface area contributed by atoms with Crippen LogP contribution in [0.1, 0.15) is 23.2 Å². The molecule has 4 nitrogen and oxygen atoms in total. The molecule has 0 N–H and O–H groups in total. The van der Waals surface area contributed by atoms with Gasteiger partial charge in [0.15, 0.2) is 0 Å². The summed E-state index contributed by atoms with van der Waals surface area (Å²) < 4.78 is 24.7. The van der Waals surface area contributed by atoms with Crippen LogP contribution in [-0.2, 0) is 4.74 Å². The highest BCUT2D eigenvalue weighted by Crippen LogP contribution is 2.27. The summed E-state index contributed by atoms with van der Waals surface area (Å²) in [5, 5.41) is 0. The number of likely N-dealkylation sites (tertiary alicyclic amines) is 1. The number of rotatable bonds is 5. The number of nitrogens with zero attached hydrogens (tertiary/aromatic N) is 1. The quantitative estimate of drug-likeness (QED) is 0.834. The van der Waals surface area contributed by atoms with Crippen LogP contribution < -0.4 is 4.74 Å². The minimum atomic E-state index is -0.538. The van der Waals surface area contributed by atoms with Gasteiger partial charge in [-0.05, 0) is 49.2 Å². The molecule has 5 heteroatoms. The fraction of sp³-hybridized carbons (Fsp3) is 0.350. The average molecular weight is 343 g/mol. The lowest BCUT2D eigenvalue weighted by molar-refractivity contribution is -0.0824. The summed E-state index contributed by atoms with van der Waals surface area (Å²) in [7, 11) is 1.65. The standard InChI is InChI=1S/C20H22FNO3/c1-24-20(15-25-18-6-3-2-4-7-18)12-5-13-22(14-20)19(23)16-8-10-17(21)11-9-16/h2-4,6-11H,5,12-15H2,1H3. The summed E-state index contributed by atoms with van der Waals surface area (Å²) in [4.78, 5) is 14.5. The molecule has 1 amide bonds. The number of amides is 1. The van der Waals surface area contributed by atoms with Gasteiger partial charge in [-0.25, -0.2) is 4.39 Å². The summed E-state index contributed by atoms with van der Waals surface area (Å²) in [5.41, 5.74) is -0.0543. The number of carbonyl (C=O) groups excluding carboxylic acids is 1. The van der Waals surface area contributed by atoms with E-state index in [1.54, 1.807) is 12.0 Å². The SMILES string of the molecule is COC1(COc2ccccc2)CCCN(C(=O)c2ccc(F)cc2)C1. The van der Waals surface area contributed by atoms with E-state index in [0.29, 0.717) is 25.3 Å². The average Bonchev–Trinajstić information content (AvgIpc) is 2.67. The van der Waals surface area contributed by atoms with Crippen molar-refractivity contribution in [3.63, 3.8) is 0 Å². The van der Waals surface area contributed by atoms with Gasteiger partial charge in [0.25, 0.3) is 5.91 Å². The number of ether oxygens (including phenoxy) is 2. The lowest BCUT2D eigenvalue weighted by Gasteiger charge is -2.41. The molecule has 0 saturated carbocycles. The Kier molecular flexibility index (Phi) is 5.34. The third kappa shape index (κ3) is 4.17. The molecule has 132 valence electrons. The Hall–Kier alpha value is -2.40. The number of methoxy groups -OCH3 is 1. The van der Waals surface area contributed by atoms with Crippen LogP contribution in [0.5, 0.6) is 5.75 Å². The van der Waals surface area contributed by atoms with Crippen LogP contribution in [0.2, 0.25) is 0 Å². The van der Waals surface area contributed by atoms with E-state index in [4.69, 9.17) is 9.47 Å². The Morgan fingerprint density at radius 2 is 1.88 bits per heavy atom. The molecule has 1 heterocycles. The second kappa shape index (κ2) is 7.66. The Morgan fingerprint density at radius 3 is 2.56 bits per heavy atom. The molecule has 0 bridgehead atoms. The zero-order valence-electron chi connectivity index (χ0n) is 14.3. The Balaban J connectivity index is 1.69. The highest BCUT2D eigenvalue weighted by atomic mass is 19.1. The van der Waals surface area contributed by atoms with E-state index < -0.39 is 5.60 Å². The third-order valence-corrected chi connectivity index (χ3v) is 4.60. The molecule has 1 aliphatic heterocycles. The summed E-state index contributed by atoms with van der Waals surface area (Å²) >= 11 is 0. The number of para-hydroxylation sites is 1. The van der Waals surface area contributed by atoms with Crippen LogP contribution in [0.15, 0.2) is 54.6 Å². The molecule has 3 rings (SSSR count).